The van der Waals surface area contributed by atoms with Crippen molar-refractivity contribution in [1.82, 2.24) is 0 Å². The minimum absolute atomic E-state index is 0.0267. The van der Waals surface area contributed by atoms with Gasteiger partial charge in [-0.05, 0) is 115 Å². The average molecular weight is 675 g/mol. The number of carboxylic acid groups (broad SMARTS) is 1. The van der Waals surface area contributed by atoms with Crippen LogP contribution in [0.25, 0.3) is 0 Å². The Labute approximate surface area is 280 Å². The Morgan fingerprint density at radius 2 is 1.65 bits per heavy atom. The number of fused-ring (bicyclic) bond motifs is 5. The maximum atomic E-state index is 13.4. The van der Waals surface area contributed by atoms with Gasteiger partial charge in [-0.1, -0.05) is 52.0 Å². The van der Waals surface area contributed by atoms with Crippen molar-refractivity contribution in [3.05, 3.63) is 46.5 Å². The molecule has 8 nitrogen and oxygen atoms in total. The number of rotatable bonds is 8. The molecule has 1 heterocycles. The lowest BCUT2D eigenvalue weighted by molar-refractivity contribution is -0.234. The van der Waals surface area contributed by atoms with Gasteiger partial charge in [-0.2, -0.15) is 13.2 Å². The van der Waals surface area contributed by atoms with Crippen LogP contribution in [0, 0.1) is 39.9 Å². The van der Waals surface area contributed by atoms with Gasteiger partial charge >= 0.3 is 23.8 Å². The van der Waals surface area contributed by atoms with E-state index in [4.69, 9.17) is 4.74 Å². The number of aliphatic carboxylic acids is 1. The Kier molecular flexibility index (Phi) is 8.71. The summed E-state index contributed by atoms with van der Waals surface area (Å²) in [7, 11) is 0. The van der Waals surface area contributed by atoms with Crippen molar-refractivity contribution in [2.24, 2.45) is 50.1 Å². The van der Waals surface area contributed by atoms with E-state index < -0.39 is 41.4 Å². The molecule has 48 heavy (non-hydrogen) atoms. The molecule has 11 heteroatoms. The third-order valence-electron chi connectivity index (χ3n) is 13.8. The summed E-state index contributed by atoms with van der Waals surface area (Å²) in [6, 6.07) is 6.04. The van der Waals surface area contributed by atoms with Gasteiger partial charge in [0.1, 0.15) is 6.10 Å². The lowest BCUT2D eigenvalue weighted by Gasteiger charge is -2.69. The topological polar surface area (TPSA) is 129 Å². The highest BCUT2D eigenvalue weighted by atomic mass is 19.4. The molecule has 0 saturated heterocycles. The summed E-state index contributed by atoms with van der Waals surface area (Å²) < 4.78 is 46.0. The number of aliphatic hydroxyl groups excluding tert-OH is 2. The second kappa shape index (κ2) is 11.9. The van der Waals surface area contributed by atoms with E-state index in [1.807, 2.05) is 0 Å². The van der Waals surface area contributed by atoms with Gasteiger partial charge in [-0.25, -0.2) is 4.79 Å². The zero-order chi connectivity index (χ0) is 35.0. The fraction of sp³-hybridized carbons (Fsp3) is 0.730. The van der Waals surface area contributed by atoms with Crippen LogP contribution in [0.2, 0.25) is 0 Å². The number of unbranched alkanes of at least 4 members (excludes halogenated alkanes) is 1. The Morgan fingerprint density at radius 1 is 0.979 bits per heavy atom. The summed E-state index contributed by atoms with van der Waals surface area (Å²) in [6.07, 6.45) is -0.213. The summed E-state index contributed by atoms with van der Waals surface area (Å²) in [5, 5.41) is 39.8. The number of aliphatic hydroxyl groups is 2. The molecule has 4 aliphatic carbocycles. The van der Waals surface area contributed by atoms with E-state index in [0.717, 1.165) is 24.8 Å². The molecule has 10 atom stereocenters. The number of hydrogen-bond acceptors (Lipinski definition) is 7. The first-order valence-electron chi connectivity index (χ1n) is 17.5. The van der Waals surface area contributed by atoms with Crippen LogP contribution in [0.15, 0.2) is 45.6 Å². The molecule has 1 aromatic rings. The molecule has 6 rings (SSSR count). The summed E-state index contributed by atoms with van der Waals surface area (Å²) in [5.41, 5.74) is -1.74. The van der Waals surface area contributed by atoms with Crippen LogP contribution < -0.4 is 0 Å². The van der Waals surface area contributed by atoms with E-state index in [1.54, 1.807) is 12.1 Å². The maximum absolute atomic E-state index is 13.4. The van der Waals surface area contributed by atoms with E-state index in [0.29, 0.717) is 44.1 Å². The van der Waals surface area contributed by atoms with E-state index in [9.17, 15) is 38.1 Å². The second-order valence-electron chi connectivity index (χ2n) is 16.1. The van der Waals surface area contributed by atoms with Gasteiger partial charge in [-0.3, -0.25) is 4.79 Å². The first-order chi connectivity index (χ1) is 22.4. The first kappa shape index (κ1) is 35.1. The van der Waals surface area contributed by atoms with Crippen LogP contribution in [0.4, 0.5) is 13.2 Å². The van der Waals surface area contributed by atoms with Crippen LogP contribution in [-0.2, 0) is 26.4 Å². The first-order valence-corrected chi connectivity index (χ1v) is 17.5. The maximum Gasteiger partial charge on any atom is 0.442 e. The fourth-order valence-electron chi connectivity index (χ4n) is 11.3. The Balaban J connectivity index is 1.24. The number of carboxylic acids is 1. The predicted molar refractivity (Wildman–Crippen MR) is 170 cm³/mol. The van der Waals surface area contributed by atoms with Crippen molar-refractivity contribution in [1.29, 1.82) is 0 Å². The van der Waals surface area contributed by atoms with Gasteiger partial charge < -0.3 is 20.1 Å². The molecule has 5 aliphatic rings. The number of alkyl halides is 3. The summed E-state index contributed by atoms with van der Waals surface area (Å²) >= 11 is 0. The molecule has 4 fully saturated rings. The molecular weight excluding hydrogens is 625 g/mol. The quantitative estimate of drug-likeness (QED) is 0.149. The number of ether oxygens (including phenoxy) is 1. The predicted octanol–water partition coefficient (Wildman–Crippen LogP) is 7.51. The van der Waals surface area contributed by atoms with Crippen LogP contribution >= 0.6 is 0 Å². The molecule has 1 aromatic carbocycles. The van der Waals surface area contributed by atoms with Crippen molar-refractivity contribution >= 4 is 11.9 Å². The minimum Gasteiger partial charge on any atom is -0.478 e. The lowest BCUT2D eigenvalue weighted by Crippen LogP contribution is -2.65. The highest BCUT2D eigenvalue weighted by molar-refractivity contribution is 5.88. The lowest BCUT2D eigenvalue weighted by atomic mass is 9.36. The number of hydrogen-bond donors (Lipinski definition) is 3. The molecule has 0 spiro atoms. The van der Waals surface area contributed by atoms with Crippen LogP contribution in [0.5, 0.6) is 0 Å². The van der Waals surface area contributed by atoms with E-state index in [2.05, 4.69) is 37.9 Å². The third kappa shape index (κ3) is 5.33. The van der Waals surface area contributed by atoms with E-state index >= 15 is 0 Å². The number of nitrogens with zero attached hydrogens (tertiary/aromatic N) is 2. The van der Waals surface area contributed by atoms with Crippen LogP contribution in [-0.4, -0.2) is 51.7 Å². The molecule has 1 aliphatic heterocycles. The van der Waals surface area contributed by atoms with Crippen molar-refractivity contribution in [2.45, 2.75) is 129 Å². The Bertz CT molecular complexity index is 1500. The number of benzene rings is 1. The molecule has 0 amide bonds. The highest BCUT2D eigenvalue weighted by Gasteiger charge is 2.71. The number of aryl methyl sites for hydroxylation is 1. The standard InChI is InChI=1S/C37H49F3N2O6/c1-20-25-14-17-34(4)31(33(25,3)16-15-27(20)44)28(45)18-26-30(29(48-21(2)43)19-35(26,34)5)24(32(46)47)9-7-6-8-22-10-12-23(13-11-22)36(41-42-36)37(38,39)40/h10-13,20,25-29,31,44-45H,6-9,14-19H2,1-5H3,(H,46,47)/b30-24-/t20-,25-,26-,27+,28+,29-,31-,33-,34-,35-/m0/s1. The molecule has 4 saturated carbocycles. The van der Waals surface area contributed by atoms with Crippen LogP contribution in [0.1, 0.15) is 104 Å². The molecule has 0 bridgehead atoms. The van der Waals surface area contributed by atoms with E-state index in [1.165, 1.54) is 19.1 Å². The number of carbonyl (C=O) groups is 2. The molecule has 0 unspecified atom stereocenters. The minimum atomic E-state index is -4.59. The smallest absolute Gasteiger partial charge is 0.442 e. The summed E-state index contributed by atoms with van der Waals surface area (Å²) in [5.74, 6) is -1.42. The van der Waals surface area contributed by atoms with Gasteiger partial charge in [0.25, 0.3) is 0 Å². The zero-order valence-corrected chi connectivity index (χ0v) is 28.5. The van der Waals surface area contributed by atoms with Gasteiger partial charge in [0.15, 0.2) is 0 Å². The van der Waals surface area contributed by atoms with Gasteiger partial charge in [-0.15, -0.1) is 10.2 Å². The van der Waals surface area contributed by atoms with Crippen molar-refractivity contribution in [3.8, 4) is 0 Å². The van der Waals surface area contributed by atoms with Crippen molar-refractivity contribution in [3.63, 3.8) is 0 Å². The van der Waals surface area contributed by atoms with Gasteiger partial charge in [0.05, 0.1) is 12.2 Å². The summed E-state index contributed by atoms with van der Waals surface area (Å²) in [4.78, 5) is 25.3. The van der Waals surface area contributed by atoms with Gasteiger partial charge in [0, 0.05) is 18.1 Å². The molecular formula is C37H49F3N2O6. The Hall–Kier alpha value is -2.79. The van der Waals surface area contributed by atoms with Crippen LogP contribution in [0.3, 0.4) is 0 Å². The number of carbonyl (C=O) groups excluding carboxylic acids is 1. The highest BCUT2D eigenvalue weighted by Crippen LogP contribution is 2.74. The Morgan fingerprint density at radius 3 is 2.23 bits per heavy atom. The average Bonchev–Trinajstić information content (AvgIpc) is 3.77. The summed E-state index contributed by atoms with van der Waals surface area (Å²) in [6.45, 7) is 10.2. The van der Waals surface area contributed by atoms with E-state index in [-0.39, 0.29) is 58.2 Å². The number of esters is 1. The van der Waals surface area contributed by atoms with Gasteiger partial charge in [0.2, 0.25) is 0 Å². The third-order valence-corrected chi connectivity index (χ3v) is 13.8. The zero-order valence-electron chi connectivity index (χ0n) is 28.5. The number of halogens is 3. The second-order valence-corrected chi connectivity index (χ2v) is 16.1. The molecule has 3 N–H and O–H groups in total. The van der Waals surface area contributed by atoms with Crippen molar-refractivity contribution < 1.29 is 42.8 Å². The molecule has 0 radical (unpaired) electrons. The fourth-order valence-corrected chi connectivity index (χ4v) is 11.3. The SMILES string of the molecule is CC(=O)O[C@H]1C[C@@]2(C)[C@@H](C[C@@H](O)[C@H]3[C@@]4(C)CC[C@@H](O)[C@@H](C)[C@@H]4CC[C@@]32C)/C1=C(\CCCCc1ccc(C2(C(F)(F)F)N=N2)cc1)C(=O)O. The monoisotopic (exact) mass is 674 g/mol. The van der Waals surface area contributed by atoms with Crippen molar-refractivity contribution in [2.75, 3.05) is 0 Å². The largest absolute Gasteiger partial charge is 0.478 e. The molecule has 264 valence electrons. The molecule has 0 aromatic heterocycles. The normalized spacial score (nSPS) is 40.8.